The van der Waals surface area contributed by atoms with E-state index in [1.54, 1.807) is 23.9 Å². The first-order chi connectivity index (χ1) is 6.99. The zero-order valence-corrected chi connectivity index (χ0v) is 10.0. The van der Waals surface area contributed by atoms with Crippen LogP contribution in [0.1, 0.15) is 26.7 Å². The highest BCUT2D eigenvalue weighted by Crippen LogP contribution is 2.32. The van der Waals surface area contributed by atoms with Gasteiger partial charge >= 0.3 is 0 Å². The van der Waals surface area contributed by atoms with Crippen molar-refractivity contribution in [1.29, 1.82) is 0 Å². The van der Waals surface area contributed by atoms with Crippen LogP contribution in [0, 0.1) is 5.41 Å². The highest BCUT2D eigenvalue weighted by atomic mass is 16.2. The zero-order valence-electron chi connectivity index (χ0n) is 10.0. The Balaban J connectivity index is 3.15. The summed E-state index contributed by atoms with van der Waals surface area (Å²) in [4.78, 5) is 27.7. The maximum absolute atomic E-state index is 12.2. The highest BCUT2D eigenvalue weighted by Gasteiger charge is 2.47. The van der Waals surface area contributed by atoms with Gasteiger partial charge in [0.1, 0.15) is 5.41 Å². The third kappa shape index (κ3) is 1.73. The van der Waals surface area contributed by atoms with E-state index in [0.29, 0.717) is 25.9 Å². The van der Waals surface area contributed by atoms with E-state index in [9.17, 15) is 9.59 Å². The first-order valence-corrected chi connectivity index (χ1v) is 5.50. The molecule has 0 N–H and O–H groups in total. The maximum Gasteiger partial charge on any atom is 0.238 e. The van der Waals surface area contributed by atoms with Crippen LogP contribution in [0.2, 0.25) is 0 Å². The molecule has 0 aliphatic carbocycles. The van der Waals surface area contributed by atoms with E-state index in [1.807, 2.05) is 13.8 Å². The second kappa shape index (κ2) is 4.21. The summed E-state index contributed by atoms with van der Waals surface area (Å²) in [5.74, 6) is -0.0521. The molecule has 0 radical (unpaired) electrons. The second-order valence-corrected chi connectivity index (χ2v) is 4.24. The Labute approximate surface area is 91.2 Å². The van der Waals surface area contributed by atoms with Crippen LogP contribution < -0.4 is 0 Å². The third-order valence-corrected chi connectivity index (χ3v) is 3.49. The zero-order chi connectivity index (χ0) is 11.6. The number of likely N-dealkylation sites (N-methyl/N-ethyl adjacent to an activating group) is 2. The molecule has 0 aromatic carbocycles. The van der Waals surface area contributed by atoms with Crippen molar-refractivity contribution in [2.45, 2.75) is 26.7 Å². The quantitative estimate of drug-likeness (QED) is 0.633. The summed E-state index contributed by atoms with van der Waals surface area (Å²) in [5.41, 5.74) is -0.819. The molecule has 0 spiro atoms. The molecular weight excluding hydrogens is 192 g/mol. The third-order valence-electron chi connectivity index (χ3n) is 3.49. The molecule has 0 bridgehead atoms. The van der Waals surface area contributed by atoms with Gasteiger partial charge in [0.25, 0.3) is 0 Å². The van der Waals surface area contributed by atoms with E-state index in [1.165, 1.54) is 0 Å². The van der Waals surface area contributed by atoms with Gasteiger partial charge in [0.2, 0.25) is 11.8 Å². The van der Waals surface area contributed by atoms with Crippen molar-refractivity contribution in [1.82, 2.24) is 9.80 Å². The molecular formula is C11H20N2O2. The Morgan fingerprint density at radius 3 is 1.60 bits per heavy atom. The molecule has 1 rings (SSSR count). The average molecular weight is 212 g/mol. The fraction of sp³-hybridized carbons (Fsp3) is 0.818. The van der Waals surface area contributed by atoms with Crippen molar-refractivity contribution in [3.63, 3.8) is 0 Å². The van der Waals surface area contributed by atoms with E-state index >= 15 is 0 Å². The number of amides is 2. The molecule has 0 saturated carbocycles. The van der Waals surface area contributed by atoms with Gasteiger partial charge < -0.3 is 9.80 Å². The summed E-state index contributed by atoms with van der Waals surface area (Å²) >= 11 is 0. The predicted molar refractivity (Wildman–Crippen MR) is 58.3 cm³/mol. The predicted octanol–water partition coefficient (Wildman–Crippen LogP) is 0.723. The minimum Gasteiger partial charge on any atom is -0.343 e. The molecule has 0 unspecified atom stereocenters. The Morgan fingerprint density at radius 1 is 1.00 bits per heavy atom. The van der Waals surface area contributed by atoms with Crippen LogP contribution in [-0.2, 0) is 9.59 Å². The minimum atomic E-state index is -0.819. The first-order valence-electron chi connectivity index (χ1n) is 5.50. The van der Waals surface area contributed by atoms with Crippen molar-refractivity contribution in [3.8, 4) is 0 Å². The SMILES string of the molecule is CCC1(CC)C(=O)N(C)CCN(C)C1=O. The van der Waals surface area contributed by atoms with Crippen LogP contribution >= 0.6 is 0 Å². The monoisotopic (exact) mass is 212 g/mol. The molecule has 0 atom stereocenters. The molecule has 86 valence electrons. The largest absolute Gasteiger partial charge is 0.343 e. The lowest BCUT2D eigenvalue weighted by molar-refractivity contribution is -0.152. The lowest BCUT2D eigenvalue weighted by Crippen LogP contribution is -2.47. The van der Waals surface area contributed by atoms with Gasteiger partial charge in [-0.15, -0.1) is 0 Å². The lowest BCUT2D eigenvalue weighted by atomic mass is 9.80. The summed E-state index contributed by atoms with van der Waals surface area (Å²) in [6, 6.07) is 0. The summed E-state index contributed by atoms with van der Waals surface area (Å²) in [6.07, 6.45) is 1.16. The van der Waals surface area contributed by atoms with Crippen molar-refractivity contribution >= 4 is 11.8 Å². The van der Waals surface area contributed by atoms with E-state index < -0.39 is 5.41 Å². The highest BCUT2D eigenvalue weighted by molar-refractivity contribution is 6.05. The van der Waals surface area contributed by atoms with E-state index in [4.69, 9.17) is 0 Å². The average Bonchev–Trinajstić information content (AvgIpc) is 2.33. The van der Waals surface area contributed by atoms with Gasteiger partial charge in [-0.2, -0.15) is 0 Å². The number of nitrogens with zero attached hydrogens (tertiary/aromatic N) is 2. The van der Waals surface area contributed by atoms with Crippen molar-refractivity contribution < 1.29 is 9.59 Å². The standard InChI is InChI=1S/C11H20N2O2/c1-5-11(6-2)9(14)12(3)7-8-13(4)10(11)15/h5-8H2,1-4H3. The topological polar surface area (TPSA) is 40.6 Å². The second-order valence-electron chi connectivity index (χ2n) is 4.24. The van der Waals surface area contributed by atoms with Crippen molar-refractivity contribution in [3.05, 3.63) is 0 Å². The molecule has 15 heavy (non-hydrogen) atoms. The fourth-order valence-electron chi connectivity index (χ4n) is 2.18. The molecule has 2 amide bonds. The number of carbonyl (C=O) groups excluding carboxylic acids is 2. The van der Waals surface area contributed by atoms with Gasteiger partial charge in [-0.25, -0.2) is 0 Å². The molecule has 0 aromatic rings. The van der Waals surface area contributed by atoms with Gasteiger partial charge in [-0.3, -0.25) is 9.59 Å². The minimum absolute atomic E-state index is 0.0261. The number of hydrogen-bond acceptors (Lipinski definition) is 2. The van der Waals surface area contributed by atoms with Crippen molar-refractivity contribution in [2.24, 2.45) is 5.41 Å². The normalized spacial score (nSPS) is 21.9. The van der Waals surface area contributed by atoms with Crippen LogP contribution in [0.4, 0.5) is 0 Å². The van der Waals surface area contributed by atoms with Crippen LogP contribution in [0.25, 0.3) is 0 Å². The lowest BCUT2D eigenvalue weighted by Gasteiger charge is -2.31. The molecule has 1 fully saturated rings. The van der Waals surface area contributed by atoms with Crippen molar-refractivity contribution in [2.75, 3.05) is 27.2 Å². The van der Waals surface area contributed by atoms with Crippen LogP contribution in [-0.4, -0.2) is 48.8 Å². The maximum atomic E-state index is 12.2. The molecule has 1 saturated heterocycles. The summed E-state index contributed by atoms with van der Waals surface area (Å²) < 4.78 is 0. The first kappa shape index (κ1) is 12.0. The fourth-order valence-corrected chi connectivity index (χ4v) is 2.18. The smallest absolute Gasteiger partial charge is 0.238 e. The van der Waals surface area contributed by atoms with Gasteiger partial charge in [0.05, 0.1) is 0 Å². The molecule has 4 nitrogen and oxygen atoms in total. The number of hydrogen-bond donors (Lipinski definition) is 0. The van der Waals surface area contributed by atoms with Crippen LogP contribution in [0.5, 0.6) is 0 Å². The summed E-state index contributed by atoms with van der Waals surface area (Å²) in [6.45, 7) is 5.07. The van der Waals surface area contributed by atoms with Gasteiger partial charge in [0.15, 0.2) is 0 Å². The molecule has 0 aromatic heterocycles. The molecule has 1 heterocycles. The summed E-state index contributed by atoms with van der Waals surface area (Å²) in [7, 11) is 3.55. The molecule has 4 heteroatoms. The Kier molecular flexibility index (Phi) is 3.37. The van der Waals surface area contributed by atoms with Gasteiger partial charge in [0, 0.05) is 27.2 Å². The van der Waals surface area contributed by atoms with Crippen LogP contribution in [0.3, 0.4) is 0 Å². The summed E-state index contributed by atoms with van der Waals surface area (Å²) in [5, 5.41) is 0. The van der Waals surface area contributed by atoms with E-state index in [0.717, 1.165) is 0 Å². The Hall–Kier alpha value is -1.06. The van der Waals surface area contributed by atoms with E-state index in [-0.39, 0.29) is 11.8 Å². The number of carbonyl (C=O) groups is 2. The number of rotatable bonds is 2. The van der Waals surface area contributed by atoms with E-state index in [2.05, 4.69) is 0 Å². The van der Waals surface area contributed by atoms with Gasteiger partial charge in [-0.1, -0.05) is 13.8 Å². The molecule has 1 aliphatic rings. The Morgan fingerprint density at radius 2 is 1.33 bits per heavy atom. The Bertz CT molecular complexity index is 248. The van der Waals surface area contributed by atoms with Crippen LogP contribution in [0.15, 0.2) is 0 Å². The van der Waals surface area contributed by atoms with Gasteiger partial charge in [-0.05, 0) is 12.8 Å². The molecule has 1 aliphatic heterocycles.